The fourth-order valence-corrected chi connectivity index (χ4v) is 5.56. The summed E-state index contributed by atoms with van der Waals surface area (Å²) in [7, 11) is 0. The number of carbonyl (C=O) groups excluding carboxylic acids is 2. The van der Waals surface area contributed by atoms with Crippen LogP contribution < -0.4 is 5.32 Å². The van der Waals surface area contributed by atoms with Crippen LogP contribution in [0.15, 0.2) is 11.1 Å². The van der Waals surface area contributed by atoms with E-state index in [2.05, 4.69) is 24.4 Å². The number of nitrogens with zero attached hydrogens (tertiary/aromatic N) is 3. The molecule has 0 fully saturated rings. The fraction of sp³-hybridized carbons (Fsp3) is 0.435. The van der Waals surface area contributed by atoms with E-state index in [1.165, 1.54) is 11.8 Å². The van der Waals surface area contributed by atoms with Crippen molar-refractivity contribution in [3.8, 4) is 12.1 Å². The highest BCUT2D eigenvalue weighted by molar-refractivity contribution is 7.99. The van der Waals surface area contributed by atoms with Gasteiger partial charge in [0.2, 0.25) is 5.91 Å². The molecule has 0 saturated heterocycles. The van der Waals surface area contributed by atoms with Crippen molar-refractivity contribution in [2.45, 2.75) is 51.5 Å². The van der Waals surface area contributed by atoms with Gasteiger partial charge in [-0.1, -0.05) is 6.92 Å². The Bertz CT molecular complexity index is 1130. The first-order valence-electron chi connectivity index (χ1n) is 10.4. The third-order valence-corrected chi connectivity index (χ3v) is 7.44. The predicted molar refractivity (Wildman–Crippen MR) is 124 cm³/mol. The smallest absolute Gasteiger partial charge is 0.348 e. The van der Waals surface area contributed by atoms with Crippen LogP contribution in [0.3, 0.4) is 0 Å². The second-order valence-electron chi connectivity index (χ2n) is 7.65. The summed E-state index contributed by atoms with van der Waals surface area (Å²) in [6, 6.07) is 6.21. The number of aromatic nitrogens is 1. The average molecular weight is 469 g/mol. The van der Waals surface area contributed by atoms with Gasteiger partial charge in [-0.3, -0.25) is 4.79 Å². The molecule has 1 unspecified atom stereocenters. The number of nitriles is 2. The minimum absolute atomic E-state index is 0.182. The number of fused-ring (bicyclic) bond motifs is 1. The van der Waals surface area contributed by atoms with Crippen molar-refractivity contribution < 1.29 is 14.3 Å². The van der Waals surface area contributed by atoms with Crippen molar-refractivity contribution in [1.29, 1.82) is 10.5 Å². The lowest BCUT2D eigenvalue weighted by atomic mass is 9.87. The van der Waals surface area contributed by atoms with Crippen LogP contribution in [0, 0.1) is 35.5 Å². The molecule has 0 saturated carbocycles. The van der Waals surface area contributed by atoms with E-state index in [1.807, 2.05) is 6.07 Å². The second kappa shape index (κ2) is 10.6. The lowest BCUT2D eigenvalue weighted by Crippen LogP contribution is -2.14. The summed E-state index contributed by atoms with van der Waals surface area (Å²) >= 11 is 2.43. The van der Waals surface area contributed by atoms with Gasteiger partial charge in [0.25, 0.3) is 0 Å². The largest absolute Gasteiger partial charge is 0.462 e. The highest BCUT2D eigenvalue weighted by Crippen LogP contribution is 2.33. The minimum Gasteiger partial charge on any atom is -0.462 e. The van der Waals surface area contributed by atoms with E-state index in [0.29, 0.717) is 37.7 Å². The molecular formula is C23H24N4O3S2. The highest BCUT2D eigenvalue weighted by atomic mass is 32.2. The Morgan fingerprint density at radius 1 is 1.38 bits per heavy atom. The molecule has 0 spiro atoms. The number of thiophene rings is 1. The van der Waals surface area contributed by atoms with Crippen molar-refractivity contribution in [1.82, 2.24) is 4.98 Å². The van der Waals surface area contributed by atoms with Gasteiger partial charge in [-0.05, 0) is 56.2 Å². The average Bonchev–Trinajstić information content (AvgIpc) is 3.08. The lowest BCUT2D eigenvalue weighted by Gasteiger charge is -2.21. The van der Waals surface area contributed by atoms with Gasteiger partial charge in [0.05, 0.1) is 17.7 Å². The Labute approximate surface area is 195 Å². The zero-order valence-corrected chi connectivity index (χ0v) is 19.9. The van der Waals surface area contributed by atoms with Crippen LogP contribution >= 0.6 is 23.1 Å². The molecule has 2 heterocycles. The SMILES string of the molecule is CCOC(=O)c1sc(NC(=O)CCSc2nc3c(cc2C#N)CC(C)CC3)c(C#N)c1C. The number of ether oxygens (including phenoxy) is 1. The standard InChI is InChI=1S/C23H24N4O3S2/c1-4-30-23(29)20-14(3)17(12-25)22(32-20)27-19(28)7-8-31-21-16(11-24)10-15-9-13(2)5-6-18(15)26-21/h10,13H,4-9H2,1-3H3,(H,27,28). The summed E-state index contributed by atoms with van der Waals surface area (Å²) in [6.45, 7) is 5.82. The van der Waals surface area contributed by atoms with Crippen molar-refractivity contribution in [2.75, 3.05) is 17.7 Å². The monoisotopic (exact) mass is 468 g/mol. The van der Waals surface area contributed by atoms with E-state index in [-0.39, 0.29) is 24.5 Å². The second-order valence-corrected chi connectivity index (χ2v) is 9.75. The first-order valence-corrected chi connectivity index (χ1v) is 12.2. The quantitative estimate of drug-likeness (QED) is 0.466. The van der Waals surface area contributed by atoms with Gasteiger partial charge < -0.3 is 10.1 Å². The van der Waals surface area contributed by atoms with Crippen LogP contribution in [-0.2, 0) is 22.4 Å². The van der Waals surface area contributed by atoms with Gasteiger partial charge in [-0.2, -0.15) is 10.5 Å². The van der Waals surface area contributed by atoms with Gasteiger partial charge in [0.15, 0.2) is 0 Å². The zero-order chi connectivity index (χ0) is 23.3. The van der Waals surface area contributed by atoms with E-state index in [9.17, 15) is 20.1 Å². The fourth-order valence-electron chi connectivity index (χ4n) is 3.57. The van der Waals surface area contributed by atoms with Crippen molar-refractivity contribution in [2.24, 2.45) is 5.92 Å². The molecule has 0 aromatic carbocycles. The number of amides is 1. The number of carbonyl (C=O) groups is 2. The highest BCUT2D eigenvalue weighted by Gasteiger charge is 2.23. The number of pyridine rings is 1. The molecule has 1 aliphatic carbocycles. The molecule has 1 N–H and O–H groups in total. The molecule has 1 atom stereocenters. The summed E-state index contributed by atoms with van der Waals surface area (Å²) in [4.78, 5) is 29.6. The third kappa shape index (κ3) is 5.29. The number of hydrogen-bond acceptors (Lipinski definition) is 8. The van der Waals surface area contributed by atoms with Gasteiger partial charge in [-0.25, -0.2) is 9.78 Å². The van der Waals surface area contributed by atoms with E-state index in [0.717, 1.165) is 41.9 Å². The maximum absolute atomic E-state index is 12.5. The molecule has 3 rings (SSSR count). The number of thioether (sulfide) groups is 1. The van der Waals surface area contributed by atoms with Gasteiger partial charge >= 0.3 is 5.97 Å². The number of esters is 1. The van der Waals surface area contributed by atoms with Crippen molar-refractivity contribution >= 4 is 40.0 Å². The maximum Gasteiger partial charge on any atom is 0.348 e. The summed E-state index contributed by atoms with van der Waals surface area (Å²) in [5, 5.41) is 22.7. The molecule has 0 radical (unpaired) electrons. The molecule has 7 nitrogen and oxygen atoms in total. The van der Waals surface area contributed by atoms with Crippen molar-refractivity contribution in [3.63, 3.8) is 0 Å². The summed E-state index contributed by atoms with van der Waals surface area (Å²) < 4.78 is 5.02. The Kier molecular flexibility index (Phi) is 7.89. The van der Waals surface area contributed by atoms with Crippen LogP contribution in [-0.4, -0.2) is 29.2 Å². The summed E-state index contributed by atoms with van der Waals surface area (Å²) in [6.07, 6.45) is 3.13. The molecule has 2 aromatic rings. The summed E-state index contributed by atoms with van der Waals surface area (Å²) in [5.74, 6) is 0.275. The first kappa shape index (κ1) is 23.8. The number of anilines is 1. The number of nitrogens with one attached hydrogen (secondary N) is 1. The normalized spacial score (nSPS) is 14.7. The van der Waals surface area contributed by atoms with Crippen LogP contribution in [0.25, 0.3) is 0 Å². The van der Waals surface area contributed by atoms with E-state index in [1.54, 1.807) is 13.8 Å². The number of aryl methyl sites for hydroxylation is 1. The molecule has 1 aliphatic rings. The lowest BCUT2D eigenvalue weighted by molar-refractivity contribution is -0.115. The first-order chi connectivity index (χ1) is 15.4. The molecule has 1 amide bonds. The Balaban J connectivity index is 1.64. The van der Waals surface area contributed by atoms with Gasteiger partial charge in [0.1, 0.15) is 27.0 Å². The van der Waals surface area contributed by atoms with Crippen LogP contribution in [0.5, 0.6) is 0 Å². The van der Waals surface area contributed by atoms with Crippen LogP contribution in [0.4, 0.5) is 5.00 Å². The molecule has 9 heteroatoms. The number of rotatable bonds is 7. The molecule has 32 heavy (non-hydrogen) atoms. The van der Waals surface area contributed by atoms with E-state index >= 15 is 0 Å². The predicted octanol–water partition coefficient (Wildman–Crippen LogP) is 4.62. The van der Waals surface area contributed by atoms with E-state index < -0.39 is 5.97 Å². The molecule has 2 aromatic heterocycles. The zero-order valence-electron chi connectivity index (χ0n) is 18.3. The minimum atomic E-state index is -0.500. The van der Waals surface area contributed by atoms with Crippen LogP contribution in [0.2, 0.25) is 0 Å². The molecule has 0 bridgehead atoms. The van der Waals surface area contributed by atoms with E-state index in [4.69, 9.17) is 9.72 Å². The Morgan fingerprint density at radius 2 is 2.16 bits per heavy atom. The van der Waals surface area contributed by atoms with Gasteiger partial charge in [-0.15, -0.1) is 23.1 Å². The third-order valence-electron chi connectivity index (χ3n) is 5.26. The van der Waals surface area contributed by atoms with Crippen LogP contribution in [0.1, 0.15) is 64.3 Å². The van der Waals surface area contributed by atoms with Gasteiger partial charge in [0, 0.05) is 17.9 Å². The summed E-state index contributed by atoms with van der Waals surface area (Å²) in [5.41, 5.74) is 3.52. The maximum atomic E-state index is 12.5. The molecular weight excluding hydrogens is 444 g/mol. The topological polar surface area (TPSA) is 116 Å². The Hall–Kier alpha value is -2.88. The molecule has 166 valence electrons. The Morgan fingerprint density at radius 3 is 2.84 bits per heavy atom. The van der Waals surface area contributed by atoms with Crippen molar-refractivity contribution in [3.05, 3.63) is 38.9 Å². The molecule has 0 aliphatic heterocycles. The number of hydrogen-bond donors (Lipinski definition) is 1.